The van der Waals surface area contributed by atoms with Crippen molar-refractivity contribution in [1.29, 1.82) is 0 Å². The van der Waals surface area contributed by atoms with E-state index in [-0.39, 0.29) is 12.7 Å². The number of carbonyl (C=O) groups excluding carboxylic acids is 1. The first kappa shape index (κ1) is 12.7. The number of rotatable bonds is 2. The van der Waals surface area contributed by atoms with Crippen LogP contribution in [-0.4, -0.2) is 41.4 Å². The highest BCUT2D eigenvalue weighted by Crippen LogP contribution is 2.59. The summed E-state index contributed by atoms with van der Waals surface area (Å²) in [6, 6.07) is 0. The highest BCUT2D eigenvalue weighted by Gasteiger charge is 2.57. The molecular weight excluding hydrogens is 218 g/mol. The Labute approximate surface area is 103 Å². The van der Waals surface area contributed by atoms with E-state index in [1.165, 1.54) is 0 Å². The van der Waals surface area contributed by atoms with E-state index in [0.717, 1.165) is 32.4 Å². The van der Waals surface area contributed by atoms with Crippen LogP contribution in [0, 0.1) is 11.3 Å². The maximum atomic E-state index is 11.9. The molecule has 2 unspecified atom stereocenters. The topological polar surface area (TPSA) is 49.8 Å². The number of amides is 1. The quantitative estimate of drug-likeness (QED) is 0.804. The Balaban J connectivity index is 1.85. The predicted octanol–water partition coefficient (Wildman–Crippen LogP) is 2.02. The van der Waals surface area contributed by atoms with Gasteiger partial charge in [-0.05, 0) is 51.4 Å². The molecule has 1 amide bonds. The molecule has 98 valence electrons. The Morgan fingerprint density at radius 1 is 1.53 bits per heavy atom. The summed E-state index contributed by atoms with van der Waals surface area (Å²) in [7, 11) is 0. The first-order chi connectivity index (χ1) is 7.86. The summed E-state index contributed by atoms with van der Waals surface area (Å²) in [5.41, 5.74) is -0.111. The van der Waals surface area contributed by atoms with Crippen molar-refractivity contribution in [3.05, 3.63) is 0 Å². The van der Waals surface area contributed by atoms with Crippen LogP contribution < -0.4 is 0 Å². The van der Waals surface area contributed by atoms with Gasteiger partial charge in [0.25, 0.3) is 0 Å². The van der Waals surface area contributed by atoms with Crippen LogP contribution in [0.1, 0.15) is 40.0 Å². The lowest BCUT2D eigenvalue weighted by Crippen LogP contribution is -2.35. The van der Waals surface area contributed by atoms with Crippen molar-refractivity contribution in [3.8, 4) is 0 Å². The molecule has 1 saturated heterocycles. The summed E-state index contributed by atoms with van der Waals surface area (Å²) in [4.78, 5) is 13.7. The maximum absolute atomic E-state index is 11.9. The third-order valence-corrected chi connectivity index (χ3v) is 3.87. The van der Waals surface area contributed by atoms with E-state index < -0.39 is 5.60 Å². The van der Waals surface area contributed by atoms with Crippen molar-refractivity contribution in [2.24, 2.45) is 11.3 Å². The molecule has 1 spiro atoms. The Morgan fingerprint density at radius 2 is 2.24 bits per heavy atom. The van der Waals surface area contributed by atoms with Gasteiger partial charge in [0.15, 0.2) is 0 Å². The van der Waals surface area contributed by atoms with E-state index in [9.17, 15) is 4.79 Å². The molecule has 1 aliphatic carbocycles. The van der Waals surface area contributed by atoms with Gasteiger partial charge in [-0.15, -0.1) is 0 Å². The number of hydrogen-bond donors (Lipinski definition) is 1. The molecule has 1 N–H and O–H groups in total. The highest BCUT2D eigenvalue weighted by atomic mass is 16.6. The summed E-state index contributed by atoms with van der Waals surface area (Å²) in [6.45, 7) is 7.55. The Kier molecular flexibility index (Phi) is 3.10. The second kappa shape index (κ2) is 4.16. The minimum Gasteiger partial charge on any atom is -0.444 e. The molecule has 2 atom stereocenters. The fraction of sp³-hybridized carbons (Fsp3) is 0.923. The minimum absolute atomic E-state index is 0.191. The van der Waals surface area contributed by atoms with E-state index in [2.05, 4.69) is 0 Å². The van der Waals surface area contributed by atoms with Gasteiger partial charge in [0.1, 0.15) is 5.60 Å². The van der Waals surface area contributed by atoms with Crippen LogP contribution in [0.2, 0.25) is 0 Å². The van der Waals surface area contributed by atoms with Crippen LogP contribution in [0.4, 0.5) is 4.79 Å². The Morgan fingerprint density at radius 3 is 2.82 bits per heavy atom. The van der Waals surface area contributed by atoms with Gasteiger partial charge in [0.2, 0.25) is 0 Å². The summed E-state index contributed by atoms with van der Waals surface area (Å²) in [6.07, 6.45) is 2.91. The SMILES string of the molecule is CC(C)(C)OC(=O)N1CCC2(CC2CCO)C1. The average molecular weight is 241 g/mol. The summed E-state index contributed by atoms with van der Waals surface area (Å²) in [5.74, 6) is 0.611. The molecule has 4 nitrogen and oxygen atoms in total. The van der Waals surface area contributed by atoms with Gasteiger partial charge in [0.05, 0.1) is 0 Å². The van der Waals surface area contributed by atoms with Crippen molar-refractivity contribution in [3.63, 3.8) is 0 Å². The van der Waals surface area contributed by atoms with E-state index in [1.54, 1.807) is 0 Å². The van der Waals surface area contributed by atoms with Crippen molar-refractivity contribution in [1.82, 2.24) is 4.90 Å². The Hall–Kier alpha value is -0.770. The van der Waals surface area contributed by atoms with Crippen LogP contribution >= 0.6 is 0 Å². The lowest BCUT2D eigenvalue weighted by Gasteiger charge is -2.24. The zero-order valence-corrected chi connectivity index (χ0v) is 11.0. The third kappa shape index (κ3) is 2.73. The smallest absolute Gasteiger partial charge is 0.410 e. The highest BCUT2D eigenvalue weighted by molar-refractivity contribution is 5.68. The van der Waals surface area contributed by atoms with Crippen molar-refractivity contribution >= 4 is 6.09 Å². The molecule has 1 heterocycles. The number of likely N-dealkylation sites (tertiary alicyclic amines) is 1. The van der Waals surface area contributed by atoms with Crippen LogP contribution in [0.25, 0.3) is 0 Å². The summed E-state index contributed by atoms with van der Waals surface area (Å²) < 4.78 is 5.38. The van der Waals surface area contributed by atoms with Gasteiger partial charge in [-0.1, -0.05) is 0 Å². The van der Waals surface area contributed by atoms with Gasteiger partial charge in [0, 0.05) is 19.7 Å². The first-order valence-corrected chi connectivity index (χ1v) is 6.45. The van der Waals surface area contributed by atoms with E-state index in [0.29, 0.717) is 11.3 Å². The second-order valence-electron chi connectivity index (χ2n) is 6.43. The summed E-state index contributed by atoms with van der Waals surface area (Å²) >= 11 is 0. The minimum atomic E-state index is -0.416. The monoisotopic (exact) mass is 241 g/mol. The first-order valence-electron chi connectivity index (χ1n) is 6.45. The van der Waals surface area contributed by atoms with Gasteiger partial charge in [-0.2, -0.15) is 0 Å². The van der Waals surface area contributed by atoms with Crippen LogP contribution in [0.15, 0.2) is 0 Å². The zero-order chi connectivity index (χ0) is 12.7. The lowest BCUT2D eigenvalue weighted by molar-refractivity contribution is 0.0284. The van der Waals surface area contributed by atoms with E-state index in [4.69, 9.17) is 9.84 Å². The normalized spacial score (nSPS) is 32.0. The largest absolute Gasteiger partial charge is 0.444 e. The molecule has 0 aromatic heterocycles. The number of nitrogens with zero attached hydrogens (tertiary/aromatic N) is 1. The van der Waals surface area contributed by atoms with Gasteiger partial charge in [-0.25, -0.2) is 4.79 Å². The molecule has 1 aliphatic heterocycles. The molecule has 0 radical (unpaired) electrons. The molecule has 17 heavy (non-hydrogen) atoms. The zero-order valence-electron chi connectivity index (χ0n) is 11.0. The molecule has 0 aromatic rings. The van der Waals surface area contributed by atoms with Crippen LogP contribution in [0.3, 0.4) is 0 Å². The fourth-order valence-corrected chi connectivity index (χ4v) is 2.87. The molecule has 0 aromatic carbocycles. The van der Waals surface area contributed by atoms with Crippen molar-refractivity contribution < 1.29 is 14.6 Å². The standard InChI is InChI=1S/C13H23NO3/c1-12(2,3)17-11(16)14-6-5-13(9-14)8-10(13)4-7-15/h10,15H,4-9H2,1-3H3. The van der Waals surface area contributed by atoms with Crippen LogP contribution in [0.5, 0.6) is 0 Å². The number of aliphatic hydroxyl groups is 1. The average Bonchev–Trinajstić information content (AvgIpc) is 2.67. The summed E-state index contributed by atoms with van der Waals surface area (Å²) in [5, 5.41) is 8.94. The second-order valence-corrected chi connectivity index (χ2v) is 6.43. The van der Waals surface area contributed by atoms with Gasteiger partial charge in [-0.3, -0.25) is 0 Å². The molecule has 1 saturated carbocycles. The number of aliphatic hydroxyl groups excluding tert-OH is 1. The number of ether oxygens (including phenoxy) is 1. The lowest BCUT2D eigenvalue weighted by atomic mass is 10.0. The van der Waals surface area contributed by atoms with Gasteiger partial charge >= 0.3 is 6.09 Å². The van der Waals surface area contributed by atoms with E-state index >= 15 is 0 Å². The Bertz CT molecular complexity index is 310. The predicted molar refractivity (Wildman–Crippen MR) is 64.7 cm³/mol. The molecular formula is C13H23NO3. The maximum Gasteiger partial charge on any atom is 0.410 e. The van der Waals surface area contributed by atoms with Crippen molar-refractivity contribution in [2.45, 2.75) is 45.6 Å². The fourth-order valence-electron chi connectivity index (χ4n) is 2.87. The molecule has 4 heteroatoms. The van der Waals surface area contributed by atoms with Crippen molar-refractivity contribution in [2.75, 3.05) is 19.7 Å². The number of carbonyl (C=O) groups is 1. The molecule has 2 rings (SSSR count). The molecule has 2 aliphatic rings. The van der Waals surface area contributed by atoms with Crippen LogP contribution in [-0.2, 0) is 4.74 Å². The molecule has 2 fully saturated rings. The molecule has 0 bridgehead atoms. The van der Waals surface area contributed by atoms with Gasteiger partial charge < -0.3 is 14.7 Å². The number of hydrogen-bond acceptors (Lipinski definition) is 3. The van der Waals surface area contributed by atoms with E-state index in [1.807, 2.05) is 25.7 Å². The third-order valence-electron chi connectivity index (χ3n) is 3.87.